The third kappa shape index (κ3) is 4.70. The number of ether oxygens (including phenoxy) is 1. The lowest BCUT2D eigenvalue weighted by Gasteiger charge is -2.08. The molecule has 106 valence electrons. The van der Waals surface area contributed by atoms with E-state index in [1.807, 2.05) is 54.6 Å². The van der Waals surface area contributed by atoms with E-state index in [-0.39, 0.29) is 0 Å². The molecule has 0 aliphatic carbocycles. The molecule has 0 radical (unpaired) electrons. The maximum atomic E-state index is 11.5. The maximum absolute atomic E-state index is 11.5. The molecule has 1 N–H and O–H groups in total. The van der Waals surface area contributed by atoms with E-state index in [9.17, 15) is 4.79 Å². The van der Waals surface area contributed by atoms with Gasteiger partial charge in [-0.05, 0) is 30.7 Å². The Morgan fingerprint density at radius 3 is 2.57 bits per heavy atom. The minimum atomic E-state index is -0.444. The average molecular weight is 279 g/mol. The van der Waals surface area contributed by atoms with Gasteiger partial charge in [-0.2, -0.15) is 0 Å². The zero-order valence-corrected chi connectivity index (χ0v) is 11.9. The highest BCUT2D eigenvalue weighted by atomic mass is 16.5. The van der Waals surface area contributed by atoms with Crippen LogP contribution >= 0.6 is 0 Å². The summed E-state index contributed by atoms with van der Waals surface area (Å²) in [6.07, 6.45) is 0.123. The lowest BCUT2D eigenvalue weighted by atomic mass is 10.1. The molecule has 0 aromatic heterocycles. The normalized spacial score (nSPS) is 9.38. The largest absolute Gasteiger partial charge is 0.450 e. The highest BCUT2D eigenvalue weighted by Crippen LogP contribution is 2.15. The summed E-state index contributed by atoms with van der Waals surface area (Å²) in [7, 11) is 0. The van der Waals surface area contributed by atoms with Crippen LogP contribution in [0.25, 0.3) is 0 Å². The van der Waals surface area contributed by atoms with E-state index < -0.39 is 6.09 Å². The van der Waals surface area contributed by atoms with Crippen molar-refractivity contribution in [2.75, 3.05) is 11.9 Å². The SMILES string of the molecule is CCOC(=O)Nc1ccccc1CC#Cc1ccccc1. The molecular weight excluding hydrogens is 262 g/mol. The van der Waals surface area contributed by atoms with Crippen molar-refractivity contribution < 1.29 is 9.53 Å². The summed E-state index contributed by atoms with van der Waals surface area (Å²) >= 11 is 0. The van der Waals surface area contributed by atoms with Crippen molar-refractivity contribution in [2.24, 2.45) is 0 Å². The number of rotatable bonds is 3. The third-order valence-electron chi connectivity index (χ3n) is 2.81. The van der Waals surface area contributed by atoms with E-state index in [4.69, 9.17) is 4.74 Å². The number of amides is 1. The van der Waals surface area contributed by atoms with Gasteiger partial charge in [0.25, 0.3) is 0 Å². The molecule has 0 heterocycles. The molecule has 2 aromatic carbocycles. The van der Waals surface area contributed by atoms with Crippen molar-refractivity contribution in [1.82, 2.24) is 0 Å². The Bertz CT molecular complexity index is 654. The molecule has 0 aliphatic heterocycles. The van der Waals surface area contributed by atoms with Gasteiger partial charge in [0.05, 0.1) is 6.61 Å². The zero-order chi connectivity index (χ0) is 14.9. The Labute approximate surface area is 125 Å². The molecule has 0 saturated heterocycles. The molecule has 3 nitrogen and oxygen atoms in total. The van der Waals surface area contributed by atoms with E-state index in [0.717, 1.165) is 16.8 Å². The number of benzene rings is 2. The summed E-state index contributed by atoms with van der Waals surface area (Å²) in [6, 6.07) is 17.4. The Hall–Kier alpha value is -2.73. The second kappa shape index (κ2) is 7.76. The van der Waals surface area contributed by atoms with E-state index in [0.29, 0.717) is 13.0 Å². The van der Waals surface area contributed by atoms with E-state index in [2.05, 4.69) is 17.2 Å². The van der Waals surface area contributed by atoms with E-state index >= 15 is 0 Å². The van der Waals surface area contributed by atoms with Crippen LogP contribution in [0.1, 0.15) is 18.1 Å². The lowest BCUT2D eigenvalue weighted by molar-refractivity contribution is 0.168. The average Bonchev–Trinajstić information content (AvgIpc) is 2.50. The number of carbonyl (C=O) groups is 1. The molecule has 2 aromatic rings. The van der Waals surface area contributed by atoms with Crippen LogP contribution in [0.15, 0.2) is 54.6 Å². The van der Waals surface area contributed by atoms with Gasteiger partial charge in [-0.25, -0.2) is 4.79 Å². The quantitative estimate of drug-likeness (QED) is 0.867. The van der Waals surface area contributed by atoms with Crippen molar-refractivity contribution in [3.05, 3.63) is 65.7 Å². The number of carbonyl (C=O) groups excluding carboxylic acids is 1. The van der Waals surface area contributed by atoms with Crippen LogP contribution in [0.2, 0.25) is 0 Å². The first-order chi connectivity index (χ1) is 10.3. The van der Waals surface area contributed by atoms with Crippen LogP contribution in [0, 0.1) is 11.8 Å². The fourth-order valence-electron chi connectivity index (χ4n) is 1.84. The molecule has 0 bridgehead atoms. The smallest absolute Gasteiger partial charge is 0.411 e. The minimum Gasteiger partial charge on any atom is -0.450 e. The van der Waals surface area contributed by atoms with Crippen LogP contribution in [-0.4, -0.2) is 12.7 Å². The fraction of sp³-hybridized carbons (Fsp3) is 0.167. The van der Waals surface area contributed by atoms with Crippen LogP contribution in [0.5, 0.6) is 0 Å². The highest BCUT2D eigenvalue weighted by Gasteiger charge is 2.05. The van der Waals surface area contributed by atoms with Gasteiger partial charge >= 0.3 is 6.09 Å². The van der Waals surface area contributed by atoms with Gasteiger partial charge in [-0.3, -0.25) is 5.32 Å². The highest BCUT2D eigenvalue weighted by molar-refractivity contribution is 5.85. The topological polar surface area (TPSA) is 38.3 Å². The second-order valence-corrected chi connectivity index (χ2v) is 4.35. The summed E-state index contributed by atoms with van der Waals surface area (Å²) in [4.78, 5) is 11.5. The molecular formula is C18H17NO2. The number of nitrogens with one attached hydrogen (secondary N) is 1. The Balaban J connectivity index is 2.07. The van der Waals surface area contributed by atoms with Gasteiger partial charge < -0.3 is 4.74 Å². The van der Waals surface area contributed by atoms with Gasteiger partial charge in [0.15, 0.2) is 0 Å². The summed E-state index contributed by atoms with van der Waals surface area (Å²) in [6.45, 7) is 2.12. The first-order valence-corrected chi connectivity index (χ1v) is 6.85. The number of hydrogen-bond acceptors (Lipinski definition) is 2. The van der Waals surface area contributed by atoms with Crippen molar-refractivity contribution in [1.29, 1.82) is 0 Å². The summed E-state index contributed by atoms with van der Waals surface area (Å²) < 4.78 is 4.89. The van der Waals surface area contributed by atoms with Crippen LogP contribution in [0.3, 0.4) is 0 Å². The molecule has 1 amide bonds. The molecule has 0 fully saturated rings. The molecule has 21 heavy (non-hydrogen) atoms. The van der Waals surface area contributed by atoms with E-state index in [1.54, 1.807) is 6.92 Å². The lowest BCUT2D eigenvalue weighted by Crippen LogP contribution is -2.14. The number of anilines is 1. The van der Waals surface area contributed by atoms with Gasteiger partial charge in [0.1, 0.15) is 0 Å². The van der Waals surface area contributed by atoms with Crippen molar-refractivity contribution in [3.63, 3.8) is 0 Å². The van der Waals surface area contributed by atoms with Crippen molar-refractivity contribution in [2.45, 2.75) is 13.3 Å². The van der Waals surface area contributed by atoms with Crippen LogP contribution < -0.4 is 5.32 Å². The molecule has 0 aliphatic rings. The van der Waals surface area contributed by atoms with Gasteiger partial charge in [0.2, 0.25) is 0 Å². The zero-order valence-electron chi connectivity index (χ0n) is 11.9. The molecule has 2 rings (SSSR count). The third-order valence-corrected chi connectivity index (χ3v) is 2.81. The van der Waals surface area contributed by atoms with Crippen molar-refractivity contribution in [3.8, 4) is 11.8 Å². The maximum Gasteiger partial charge on any atom is 0.411 e. The summed E-state index contributed by atoms with van der Waals surface area (Å²) in [5.74, 6) is 6.23. The predicted molar refractivity (Wildman–Crippen MR) is 84.1 cm³/mol. The summed E-state index contributed by atoms with van der Waals surface area (Å²) in [5, 5.41) is 2.73. The predicted octanol–water partition coefficient (Wildman–Crippen LogP) is 3.85. The van der Waals surface area contributed by atoms with Crippen LogP contribution in [0.4, 0.5) is 10.5 Å². The first-order valence-electron chi connectivity index (χ1n) is 6.85. The van der Waals surface area contributed by atoms with Crippen LogP contribution in [-0.2, 0) is 11.2 Å². The standard InChI is InChI=1S/C18H17NO2/c1-2-21-18(20)19-17-14-7-6-12-16(17)13-8-11-15-9-4-3-5-10-15/h3-7,9-10,12,14H,2,13H2,1H3,(H,19,20). The molecule has 3 heteroatoms. The van der Waals surface area contributed by atoms with Crippen molar-refractivity contribution >= 4 is 11.8 Å². The van der Waals surface area contributed by atoms with Gasteiger partial charge in [0, 0.05) is 17.7 Å². The molecule has 0 spiro atoms. The first kappa shape index (κ1) is 14.7. The fourth-order valence-corrected chi connectivity index (χ4v) is 1.84. The monoisotopic (exact) mass is 279 g/mol. The van der Waals surface area contributed by atoms with Gasteiger partial charge in [-0.1, -0.05) is 48.2 Å². The number of hydrogen-bond donors (Lipinski definition) is 1. The summed E-state index contributed by atoms with van der Waals surface area (Å²) in [5.41, 5.74) is 2.68. The Morgan fingerprint density at radius 1 is 1.10 bits per heavy atom. The molecule has 0 atom stereocenters. The molecule has 0 unspecified atom stereocenters. The Morgan fingerprint density at radius 2 is 1.81 bits per heavy atom. The van der Waals surface area contributed by atoms with Gasteiger partial charge in [-0.15, -0.1) is 0 Å². The molecule has 0 saturated carbocycles. The number of para-hydroxylation sites is 1. The Kier molecular flexibility index (Phi) is 5.42. The second-order valence-electron chi connectivity index (χ2n) is 4.35. The van der Waals surface area contributed by atoms with E-state index in [1.165, 1.54) is 0 Å². The minimum absolute atomic E-state index is 0.349.